The van der Waals surface area contributed by atoms with Gasteiger partial charge in [-0.2, -0.15) is 0 Å². The largest absolute Gasteiger partial charge is 0.393 e. The van der Waals surface area contributed by atoms with Crippen LogP contribution in [0, 0.1) is 0 Å². The van der Waals surface area contributed by atoms with Crippen LogP contribution in [0.15, 0.2) is 0 Å². The Morgan fingerprint density at radius 2 is 2.14 bits per heavy atom. The molecular weight excluding hydrogens is 196 g/mol. The first kappa shape index (κ1) is 11.9. The summed E-state index contributed by atoms with van der Waals surface area (Å²) in [5.41, 5.74) is 5.45. The summed E-state index contributed by atoms with van der Waals surface area (Å²) in [4.78, 5) is 2.74. The fourth-order valence-electron chi connectivity index (χ4n) is 2.06. The Labute approximate surface area is 91.3 Å². The van der Waals surface area contributed by atoms with Crippen molar-refractivity contribution in [3.63, 3.8) is 0 Å². The maximum Gasteiger partial charge on any atom is 0.0740 e. The molecule has 1 rings (SSSR count). The highest BCUT2D eigenvalue weighted by Gasteiger charge is 2.25. The SMILES string of the molecule is CN(CCC(N)=S)C1CCCCC1O. The quantitative estimate of drug-likeness (QED) is 0.686. The predicted molar refractivity (Wildman–Crippen MR) is 62.3 cm³/mol. The van der Waals surface area contributed by atoms with E-state index in [0.717, 1.165) is 32.2 Å². The van der Waals surface area contributed by atoms with Crippen LogP contribution in [0.1, 0.15) is 32.1 Å². The number of rotatable bonds is 4. The van der Waals surface area contributed by atoms with E-state index in [9.17, 15) is 5.11 Å². The van der Waals surface area contributed by atoms with E-state index < -0.39 is 0 Å². The second kappa shape index (κ2) is 5.63. The monoisotopic (exact) mass is 216 g/mol. The van der Waals surface area contributed by atoms with E-state index >= 15 is 0 Å². The zero-order valence-corrected chi connectivity index (χ0v) is 9.59. The van der Waals surface area contributed by atoms with Gasteiger partial charge in [0.25, 0.3) is 0 Å². The van der Waals surface area contributed by atoms with Gasteiger partial charge in [0, 0.05) is 19.0 Å². The number of aliphatic hydroxyl groups excluding tert-OH is 1. The highest BCUT2D eigenvalue weighted by Crippen LogP contribution is 2.22. The molecule has 0 aromatic heterocycles. The van der Waals surface area contributed by atoms with Crippen LogP contribution in [0.3, 0.4) is 0 Å². The van der Waals surface area contributed by atoms with Crippen molar-refractivity contribution in [1.29, 1.82) is 0 Å². The molecule has 0 amide bonds. The van der Waals surface area contributed by atoms with Crippen LogP contribution in [0.25, 0.3) is 0 Å². The first-order valence-electron chi connectivity index (χ1n) is 5.28. The minimum atomic E-state index is -0.167. The summed E-state index contributed by atoms with van der Waals surface area (Å²) in [6.07, 6.45) is 4.98. The molecule has 0 aromatic carbocycles. The summed E-state index contributed by atoms with van der Waals surface area (Å²) in [6, 6.07) is 0.304. The third-order valence-corrected chi connectivity index (χ3v) is 3.18. The first-order chi connectivity index (χ1) is 6.61. The van der Waals surface area contributed by atoms with E-state index in [1.807, 2.05) is 7.05 Å². The molecule has 0 aromatic rings. The molecule has 4 heteroatoms. The number of hydrogen-bond donors (Lipinski definition) is 2. The average Bonchev–Trinajstić information content (AvgIpc) is 2.15. The molecule has 0 aliphatic heterocycles. The molecule has 0 bridgehead atoms. The van der Waals surface area contributed by atoms with Gasteiger partial charge in [-0.25, -0.2) is 0 Å². The van der Waals surface area contributed by atoms with Gasteiger partial charge in [-0.1, -0.05) is 25.1 Å². The van der Waals surface area contributed by atoms with Crippen LogP contribution in [0.4, 0.5) is 0 Å². The lowest BCUT2D eigenvalue weighted by Gasteiger charge is -2.35. The van der Waals surface area contributed by atoms with Crippen LogP contribution < -0.4 is 5.73 Å². The van der Waals surface area contributed by atoms with Crippen LogP contribution in [0.5, 0.6) is 0 Å². The number of aliphatic hydroxyl groups is 1. The lowest BCUT2D eigenvalue weighted by atomic mass is 9.91. The molecule has 1 aliphatic carbocycles. The van der Waals surface area contributed by atoms with Gasteiger partial charge in [0.15, 0.2) is 0 Å². The zero-order valence-electron chi connectivity index (χ0n) is 8.78. The minimum absolute atomic E-state index is 0.167. The molecule has 3 nitrogen and oxygen atoms in total. The van der Waals surface area contributed by atoms with Crippen molar-refractivity contribution >= 4 is 17.2 Å². The number of likely N-dealkylation sites (N-methyl/N-ethyl adjacent to an activating group) is 1. The standard InChI is InChI=1S/C10H20N2OS/c1-12(7-6-10(11)14)8-4-2-3-5-9(8)13/h8-9,13H,2-7H2,1H3,(H2,11,14). The van der Waals surface area contributed by atoms with Crippen LogP contribution in [-0.2, 0) is 0 Å². The van der Waals surface area contributed by atoms with Gasteiger partial charge in [0.2, 0.25) is 0 Å². The molecule has 0 saturated heterocycles. The van der Waals surface area contributed by atoms with Crippen LogP contribution >= 0.6 is 12.2 Å². The van der Waals surface area contributed by atoms with Gasteiger partial charge in [0.05, 0.1) is 11.1 Å². The van der Waals surface area contributed by atoms with Crippen molar-refractivity contribution in [2.75, 3.05) is 13.6 Å². The Hall–Kier alpha value is -0.190. The summed E-state index contributed by atoms with van der Waals surface area (Å²) >= 11 is 4.83. The maximum atomic E-state index is 9.80. The third-order valence-electron chi connectivity index (χ3n) is 2.97. The molecule has 0 radical (unpaired) electrons. The Kier molecular flexibility index (Phi) is 4.78. The molecule has 0 heterocycles. The highest BCUT2D eigenvalue weighted by molar-refractivity contribution is 7.80. The molecule has 3 N–H and O–H groups in total. The molecule has 2 unspecified atom stereocenters. The second-order valence-electron chi connectivity index (χ2n) is 4.12. The van der Waals surface area contributed by atoms with E-state index in [1.165, 1.54) is 6.42 Å². The zero-order chi connectivity index (χ0) is 10.6. The lowest BCUT2D eigenvalue weighted by Crippen LogP contribution is -2.44. The highest BCUT2D eigenvalue weighted by atomic mass is 32.1. The Bertz CT molecular complexity index is 199. The van der Waals surface area contributed by atoms with Crippen molar-refractivity contribution in [3.8, 4) is 0 Å². The van der Waals surface area contributed by atoms with Crippen molar-refractivity contribution in [2.24, 2.45) is 5.73 Å². The Balaban J connectivity index is 2.34. The molecule has 2 atom stereocenters. The average molecular weight is 216 g/mol. The number of nitrogens with zero attached hydrogens (tertiary/aromatic N) is 1. The molecule has 14 heavy (non-hydrogen) atoms. The van der Waals surface area contributed by atoms with E-state index in [2.05, 4.69) is 4.90 Å². The number of hydrogen-bond acceptors (Lipinski definition) is 3. The van der Waals surface area contributed by atoms with Crippen molar-refractivity contribution in [2.45, 2.75) is 44.2 Å². The summed E-state index contributed by atoms with van der Waals surface area (Å²) in [5, 5.41) is 9.80. The minimum Gasteiger partial charge on any atom is -0.393 e. The number of thiocarbonyl (C=S) groups is 1. The van der Waals surface area contributed by atoms with Gasteiger partial charge in [0.1, 0.15) is 0 Å². The summed E-state index contributed by atoms with van der Waals surface area (Å²) < 4.78 is 0. The van der Waals surface area contributed by atoms with Gasteiger partial charge >= 0.3 is 0 Å². The fraction of sp³-hybridized carbons (Fsp3) is 0.900. The van der Waals surface area contributed by atoms with Gasteiger partial charge in [-0.3, -0.25) is 0 Å². The molecule has 1 saturated carbocycles. The molecule has 1 fully saturated rings. The lowest BCUT2D eigenvalue weighted by molar-refractivity contribution is 0.0335. The predicted octanol–water partition coefficient (Wildman–Crippen LogP) is 0.898. The summed E-state index contributed by atoms with van der Waals surface area (Å²) in [6.45, 7) is 0.858. The van der Waals surface area contributed by atoms with Crippen molar-refractivity contribution in [3.05, 3.63) is 0 Å². The fourth-order valence-corrected chi connectivity index (χ4v) is 2.15. The smallest absolute Gasteiger partial charge is 0.0740 e. The molecule has 0 spiro atoms. The van der Waals surface area contributed by atoms with Crippen LogP contribution in [0.2, 0.25) is 0 Å². The Morgan fingerprint density at radius 3 is 2.71 bits per heavy atom. The summed E-state index contributed by atoms with van der Waals surface area (Å²) in [7, 11) is 2.04. The number of nitrogens with two attached hydrogens (primary N) is 1. The first-order valence-corrected chi connectivity index (χ1v) is 5.68. The third kappa shape index (κ3) is 3.52. The van der Waals surface area contributed by atoms with Crippen molar-refractivity contribution < 1.29 is 5.11 Å². The molecule has 1 aliphatic rings. The van der Waals surface area contributed by atoms with Gasteiger partial charge in [-0.15, -0.1) is 0 Å². The van der Waals surface area contributed by atoms with E-state index in [0.29, 0.717) is 11.0 Å². The van der Waals surface area contributed by atoms with Crippen molar-refractivity contribution in [1.82, 2.24) is 4.90 Å². The van der Waals surface area contributed by atoms with E-state index in [-0.39, 0.29) is 6.10 Å². The normalized spacial score (nSPS) is 27.9. The topological polar surface area (TPSA) is 49.5 Å². The van der Waals surface area contributed by atoms with Gasteiger partial charge in [-0.05, 0) is 19.9 Å². The van der Waals surface area contributed by atoms with Crippen LogP contribution in [-0.4, -0.2) is 40.7 Å². The maximum absolute atomic E-state index is 9.80. The molecule has 82 valence electrons. The van der Waals surface area contributed by atoms with E-state index in [4.69, 9.17) is 18.0 Å². The summed E-state index contributed by atoms with van der Waals surface area (Å²) in [5.74, 6) is 0. The molecular formula is C10H20N2OS. The second-order valence-corrected chi connectivity index (χ2v) is 4.64. The Morgan fingerprint density at radius 1 is 1.50 bits per heavy atom. The van der Waals surface area contributed by atoms with Gasteiger partial charge < -0.3 is 15.7 Å². The van der Waals surface area contributed by atoms with E-state index in [1.54, 1.807) is 0 Å².